The molecule has 2 aromatic heterocycles. The van der Waals surface area contributed by atoms with Gasteiger partial charge in [-0.05, 0) is 153 Å². The first-order valence-corrected chi connectivity index (χ1v) is 27.1. The third-order valence-corrected chi connectivity index (χ3v) is 15.3. The van der Waals surface area contributed by atoms with E-state index in [9.17, 15) is 0 Å². The van der Waals surface area contributed by atoms with Gasteiger partial charge >= 0.3 is 17.1 Å². The third-order valence-electron chi connectivity index (χ3n) is 14.7. The maximum Gasteiger partial charge on any atom is 2.00 e. The standard InChI is InChI=1S/C68H76BrN4O.Cu/c1-63(2,3)43-29-40(30-44(35-43)64(4,5)6)59-52-24-23-50(70-52)58(39-19-21-49(69)22-20-39)51-27-28-55(72-51)61(42-33-47(67(13,14)15)37-48(34-42)68(16,17)18)62-57(74)38-56(73-62)60(54-26-25-53(59)71-54)41-31-45(65(7,8)9)36-46(32-41)66(10,11)12;/h19-38H,1-18H3,(H2-,70,71,72,73,74);/q-1;+2/p-1. The number of fused-ring (bicyclic) bond motifs is 7. The topological polar surface area (TPSA) is 73.4 Å². The fraction of sp³-hybridized carbons (Fsp3) is 0.353. The number of H-pyrrole nitrogens is 1. The van der Waals surface area contributed by atoms with Crippen molar-refractivity contribution in [3.05, 3.63) is 226 Å². The number of aromatic amines is 1. The Morgan fingerprint density at radius 3 is 1.25 bits per heavy atom. The second kappa shape index (κ2) is 19.4. The quantitative estimate of drug-likeness (QED) is 0.179. The molecule has 0 saturated heterocycles. The smallest absolute Gasteiger partial charge is 0.657 e. The number of rotatable bonds is 4. The number of allylic oxidation sites excluding steroid dienone is 5. The van der Waals surface area contributed by atoms with Crippen molar-refractivity contribution in [2.45, 2.75) is 157 Å². The molecule has 9 rings (SSSR count). The molecule has 1 N–H and O–H groups in total. The molecule has 0 saturated carbocycles. The van der Waals surface area contributed by atoms with Crippen LogP contribution in [0.15, 0.2) is 148 Å². The molecule has 5 heterocycles. The molecule has 3 aliphatic heterocycles. The molecule has 0 fully saturated rings. The van der Waals surface area contributed by atoms with Crippen LogP contribution in [0.1, 0.15) is 192 Å². The van der Waals surface area contributed by atoms with Gasteiger partial charge in [-0.25, -0.2) is 4.99 Å². The van der Waals surface area contributed by atoms with E-state index in [1.165, 1.54) is 33.4 Å². The van der Waals surface area contributed by atoms with Gasteiger partial charge < -0.3 is 15.3 Å². The van der Waals surface area contributed by atoms with E-state index in [2.05, 4.69) is 261 Å². The summed E-state index contributed by atoms with van der Waals surface area (Å²) in [4.78, 5) is 30.5. The Kier molecular flexibility index (Phi) is 14.3. The molecule has 1 radical (unpaired) electrons. The fourth-order valence-corrected chi connectivity index (χ4v) is 10.2. The van der Waals surface area contributed by atoms with Crippen molar-refractivity contribution in [3.8, 4) is 0 Å². The maximum atomic E-state index is 15.3. The van der Waals surface area contributed by atoms with Crippen molar-refractivity contribution in [2.24, 2.45) is 4.99 Å². The number of aliphatic imine (C=N–C) groups is 1. The van der Waals surface area contributed by atoms with E-state index in [1.54, 1.807) is 6.08 Å². The molecule has 0 atom stereocenters. The molecule has 0 aliphatic carbocycles. The van der Waals surface area contributed by atoms with Crippen LogP contribution in [0.25, 0.3) is 27.6 Å². The molecule has 5 nitrogen and oxygen atoms in total. The minimum absolute atomic E-state index is 0. The van der Waals surface area contributed by atoms with E-state index in [0.29, 0.717) is 22.7 Å². The van der Waals surface area contributed by atoms with Crippen molar-refractivity contribution < 1.29 is 21.9 Å². The van der Waals surface area contributed by atoms with Crippen molar-refractivity contribution in [1.29, 1.82) is 0 Å². The number of aromatic nitrogens is 2. The van der Waals surface area contributed by atoms with Gasteiger partial charge in [-0.3, -0.25) is 4.79 Å². The summed E-state index contributed by atoms with van der Waals surface area (Å²) in [6.45, 7) is 40.8. The Morgan fingerprint density at radius 1 is 0.440 bits per heavy atom. The summed E-state index contributed by atoms with van der Waals surface area (Å²) < 4.78 is 0.981. The van der Waals surface area contributed by atoms with Gasteiger partial charge in [-0.2, -0.15) is 0 Å². The van der Waals surface area contributed by atoms with Gasteiger partial charge in [-0.1, -0.05) is 225 Å². The van der Waals surface area contributed by atoms with Gasteiger partial charge in [0.15, 0.2) is 5.78 Å². The van der Waals surface area contributed by atoms with Crippen LogP contribution in [0, 0.1) is 0 Å². The average Bonchev–Trinajstić information content (AvgIpc) is 4.13. The fourth-order valence-electron chi connectivity index (χ4n) is 9.92. The van der Waals surface area contributed by atoms with Crippen molar-refractivity contribution >= 4 is 49.7 Å². The Balaban J connectivity index is 0.00000747. The van der Waals surface area contributed by atoms with Crippen LogP contribution in [0.2, 0.25) is 0 Å². The summed E-state index contributed by atoms with van der Waals surface area (Å²) in [6.07, 6.45) is 5.90. The average molecular weight is 1110 g/mol. The van der Waals surface area contributed by atoms with Crippen molar-refractivity contribution in [1.82, 2.24) is 9.97 Å². The first-order valence-electron chi connectivity index (χ1n) is 26.3. The number of hydrogen-bond donors (Lipinski definition) is 1. The number of ketones is 1. The van der Waals surface area contributed by atoms with Crippen LogP contribution in [0.3, 0.4) is 0 Å². The predicted octanol–water partition coefficient (Wildman–Crippen LogP) is 16.0. The number of carbonyl (C=O) groups is 1. The first kappa shape index (κ1) is 55.5. The normalized spacial score (nSPS) is 15.6. The number of nitrogens with zero attached hydrogens (tertiary/aromatic N) is 3. The summed E-state index contributed by atoms with van der Waals surface area (Å²) in [5.74, 6) is -0.158. The summed E-state index contributed by atoms with van der Waals surface area (Å²) >= 11 is 3.70. The zero-order valence-corrected chi connectivity index (χ0v) is 50.0. The van der Waals surface area contributed by atoms with Gasteiger partial charge in [-0.15, -0.1) is 17.1 Å². The molecule has 6 aromatic rings. The van der Waals surface area contributed by atoms with Crippen LogP contribution < -0.4 is 15.7 Å². The molecule has 7 heteroatoms. The first-order chi connectivity index (χ1) is 34.2. The number of carbonyl (C=O) groups excluding carboxylic acids is 1. The van der Waals surface area contributed by atoms with E-state index >= 15 is 4.79 Å². The molecule has 0 spiro atoms. The Labute approximate surface area is 466 Å². The predicted molar refractivity (Wildman–Crippen MR) is 316 cm³/mol. The van der Waals surface area contributed by atoms with Crippen LogP contribution in [-0.2, 0) is 54.4 Å². The number of hydrogen-bond acceptors (Lipinski definition) is 2. The zero-order chi connectivity index (χ0) is 53.8. The summed E-state index contributed by atoms with van der Waals surface area (Å²) in [5, 5.41) is 7.34. The van der Waals surface area contributed by atoms with Gasteiger partial charge in [0.1, 0.15) is 0 Å². The molecule has 3 aliphatic rings. The third kappa shape index (κ3) is 11.3. The Morgan fingerprint density at radius 2 is 0.827 bits per heavy atom. The van der Waals surface area contributed by atoms with E-state index in [0.717, 1.165) is 71.2 Å². The van der Waals surface area contributed by atoms with Gasteiger partial charge in [0.25, 0.3) is 0 Å². The SMILES string of the molecule is CC(C)(C)c1cc(C2=C3[N-]C(=CC3=O)C(c3cc(C(C)(C)C)cc(C(C)(C)C)c3)=c3ccc([nH]3)=C(c3cc(C(C)(C)C)cc(C(C)(C)C)c3)c3ccc([n-]3)C(c3ccc(Br)cc3)=C3C=CC2=N3)cc(C(C)(C)C)c1.[Cu+2]. The van der Waals surface area contributed by atoms with Crippen molar-refractivity contribution in [2.75, 3.05) is 0 Å². The maximum absolute atomic E-state index is 15.3. The summed E-state index contributed by atoms with van der Waals surface area (Å²) in [6, 6.07) is 37.9. The minimum Gasteiger partial charge on any atom is -0.657 e. The second-order valence-electron chi connectivity index (χ2n) is 27.0. The van der Waals surface area contributed by atoms with E-state index in [1.807, 2.05) is 0 Å². The van der Waals surface area contributed by atoms with Gasteiger partial charge in [0.05, 0.1) is 11.4 Å². The van der Waals surface area contributed by atoms with E-state index in [4.69, 9.17) is 15.3 Å². The summed E-state index contributed by atoms with van der Waals surface area (Å²) in [7, 11) is 0. The minimum atomic E-state index is -0.179. The molecule has 8 bridgehead atoms. The molecule has 4 aromatic carbocycles. The molecule has 0 unspecified atom stereocenters. The number of halogens is 1. The molecule has 0 amide bonds. The van der Waals surface area contributed by atoms with Gasteiger partial charge in [0, 0.05) is 15.2 Å². The second-order valence-corrected chi connectivity index (χ2v) is 27.9. The number of nitrogens with one attached hydrogen (secondary N) is 1. The van der Waals surface area contributed by atoms with Gasteiger partial charge in [0.2, 0.25) is 0 Å². The van der Waals surface area contributed by atoms with Crippen LogP contribution in [0.5, 0.6) is 0 Å². The molecular formula is C68H75BrCuN4O. The zero-order valence-electron chi connectivity index (χ0n) is 47.5. The summed E-state index contributed by atoms with van der Waals surface area (Å²) in [5.41, 5.74) is 17.8. The van der Waals surface area contributed by atoms with Crippen LogP contribution in [-0.4, -0.2) is 16.5 Å². The Bertz CT molecular complexity index is 3480. The molecule has 75 heavy (non-hydrogen) atoms. The monoisotopic (exact) mass is 1110 g/mol. The van der Waals surface area contributed by atoms with E-state index < -0.39 is 0 Å². The Hall–Kier alpha value is -5.72. The van der Waals surface area contributed by atoms with Crippen molar-refractivity contribution in [3.63, 3.8) is 0 Å². The number of benzene rings is 4. The van der Waals surface area contributed by atoms with E-state index in [-0.39, 0.29) is 55.3 Å². The largest absolute Gasteiger partial charge is 2.00 e. The van der Waals surface area contributed by atoms with Crippen LogP contribution in [0.4, 0.5) is 0 Å². The van der Waals surface area contributed by atoms with Crippen LogP contribution >= 0.6 is 15.9 Å². The molecule has 391 valence electrons. The molecular weight excluding hydrogens is 1030 g/mol.